The minimum Gasteiger partial charge on any atom is -0.322 e. The van der Waals surface area contributed by atoms with Crippen molar-refractivity contribution < 1.29 is 9.59 Å². The molecule has 0 aliphatic carbocycles. The van der Waals surface area contributed by atoms with Crippen molar-refractivity contribution in [2.24, 2.45) is 0 Å². The molecule has 0 saturated carbocycles. The maximum atomic E-state index is 12.4. The van der Waals surface area contributed by atoms with Gasteiger partial charge in [-0.05, 0) is 55.0 Å². The van der Waals surface area contributed by atoms with Crippen molar-refractivity contribution in [3.8, 4) is 0 Å². The van der Waals surface area contributed by atoms with Gasteiger partial charge in [-0.1, -0.05) is 29.8 Å². The van der Waals surface area contributed by atoms with Gasteiger partial charge in [0.2, 0.25) is 0 Å². The number of carbonyl (C=O) groups excluding carboxylic acids is 2. The van der Waals surface area contributed by atoms with Gasteiger partial charge >= 0.3 is 0 Å². The van der Waals surface area contributed by atoms with Crippen LogP contribution in [0.2, 0.25) is 5.02 Å². The van der Waals surface area contributed by atoms with E-state index in [0.29, 0.717) is 22.0 Å². The molecule has 26 heavy (non-hydrogen) atoms. The summed E-state index contributed by atoms with van der Waals surface area (Å²) in [4.78, 5) is 28.8. The second-order valence-electron chi connectivity index (χ2n) is 5.72. The molecule has 2 aromatic carbocycles. The quantitative estimate of drug-likeness (QED) is 0.712. The van der Waals surface area contributed by atoms with Gasteiger partial charge < -0.3 is 10.6 Å². The summed E-state index contributed by atoms with van der Waals surface area (Å²) < 4.78 is 0. The zero-order valence-corrected chi connectivity index (χ0v) is 14.7. The lowest BCUT2D eigenvalue weighted by molar-refractivity contribution is 0.102. The van der Waals surface area contributed by atoms with Crippen molar-refractivity contribution in [2.45, 2.75) is 6.92 Å². The lowest BCUT2D eigenvalue weighted by atomic mass is 10.2. The minimum absolute atomic E-state index is 0.158. The van der Waals surface area contributed by atoms with Crippen LogP contribution in [0.4, 0.5) is 11.4 Å². The van der Waals surface area contributed by atoms with E-state index in [9.17, 15) is 9.59 Å². The van der Waals surface area contributed by atoms with E-state index in [-0.39, 0.29) is 17.5 Å². The van der Waals surface area contributed by atoms with Gasteiger partial charge in [-0.25, -0.2) is 0 Å². The first-order valence-corrected chi connectivity index (χ1v) is 8.30. The number of carbonyl (C=O) groups is 2. The maximum Gasteiger partial charge on any atom is 0.274 e. The molecular formula is C20H16ClN3O2. The molecule has 0 radical (unpaired) electrons. The van der Waals surface area contributed by atoms with Crippen LogP contribution in [0.3, 0.4) is 0 Å². The van der Waals surface area contributed by atoms with Crippen molar-refractivity contribution in [3.63, 3.8) is 0 Å². The van der Waals surface area contributed by atoms with E-state index in [2.05, 4.69) is 15.6 Å². The summed E-state index contributed by atoms with van der Waals surface area (Å²) in [5.74, 6) is -0.729. The van der Waals surface area contributed by atoms with E-state index in [0.717, 1.165) is 5.56 Å². The zero-order valence-electron chi connectivity index (χ0n) is 14.0. The fourth-order valence-corrected chi connectivity index (χ4v) is 2.57. The zero-order chi connectivity index (χ0) is 18.5. The van der Waals surface area contributed by atoms with Gasteiger partial charge in [0.05, 0.1) is 0 Å². The number of nitrogens with one attached hydrogen (secondary N) is 2. The topological polar surface area (TPSA) is 71.1 Å². The average molecular weight is 366 g/mol. The summed E-state index contributed by atoms with van der Waals surface area (Å²) in [6.45, 7) is 1.94. The molecule has 0 saturated heterocycles. The number of aromatic nitrogens is 1. The fraction of sp³-hybridized carbons (Fsp3) is 0.0500. The summed E-state index contributed by atoms with van der Waals surface area (Å²) in [6.07, 6.45) is 1.43. The maximum absolute atomic E-state index is 12.4. The molecule has 1 heterocycles. The molecule has 5 nitrogen and oxygen atoms in total. The molecule has 6 heteroatoms. The molecule has 0 bridgehead atoms. The number of hydrogen-bond donors (Lipinski definition) is 2. The van der Waals surface area contributed by atoms with Crippen molar-refractivity contribution in [1.82, 2.24) is 4.98 Å². The van der Waals surface area contributed by atoms with E-state index in [1.165, 1.54) is 12.3 Å². The molecule has 0 aliphatic rings. The van der Waals surface area contributed by atoms with Crippen LogP contribution in [0.1, 0.15) is 26.4 Å². The highest BCUT2D eigenvalue weighted by atomic mass is 35.5. The van der Waals surface area contributed by atoms with Crippen LogP contribution in [0.15, 0.2) is 66.9 Å². The molecule has 0 aliphatic heterocycles. The molecule has 2 N–H and O–H groups in total. The number of nitrogens with zero attached hydrogens (tertiary/aromatic N) is 1. The Morgan fingerprint density at radius 3 is 2.31 bits per heavy atom. The van der Waals surface area contributed by atoms with Gasteiger partial charge in [-0.15, -0.1) is 0 Å². The van der Waals surface area contributed by atoms with Crippen LogP contribution in [-0.2, 0) is 0 Å². The van der Waals surface area contributed by atoms with Gasteiger partial charge in [0.25, 0.3) is 11.8 Å². The van der Waals surface area contributed by atoms with Gasteiger partial charge in [0.1, 0.15) is 5.69 Å². The Kier molecular flexibility index (Phi) is 5.29. The Labute approximate surface area is 156 Å². The van der Waals surface area contributed by atoms with Crippen LogP contribution in [0.5, 0.6) is 0 Å². The number of anilines is 2. The summed E-state index contributed by atoms with van der Waals surface area (Å²) in [7, 11) is 0. The molecule has 130 valence electrons. The lowest BCUT2D eigenvalue weighted by Crippen LogP contribution is -2.17. The number of amides is 2. The molecule has 2 amide bonds. The normalized spacial score (nSPS) is 10.2. The van der Waals surface area contributed by atoms with Crippen LogP contribution in [0, 0.1) is 6.92 Å². The van der Waals surface area contributed by atoms with Crippen molar-refractivity contribution in [1.29, 1.82) is 0 Å². The molecule has 0 spiro atoms. The van der Waals surface area contributed by atoms with Crippen LogP contribution < -0.4 is 10.6 Å². The lowest BCUT2D eigenvalue weighted by Gasteiger charge is -2.08. The highest BCUT2D eigenvalue weighted by Crippen LogP contribution is 2.16. The first kappa shape index (κ1) is 17.6. The Morgan fingerprint density at radius 2 is 1.58 bits per heavy atom. The molecular weight excluding hydrogens is 350 g/mol. The van der Waals surface area contributed by atoms with Crippen LogP contribution >= 0.6 is 11.6 Å². The molecule has 1 aromatic heterocycles. The Balaban J connectivity index is 1.75. The van der Waals surface area contributed by atoms with E-state index < -0.39 is 0 Å². The Morgan fingerprint density at radius 1 is 0.885 bits per heavy atom. The van der Waals surface area contributed by atoms with E-state index >= 15 is 0 Å². The van der Waals surface area contributed by atoms with Crippen molar-refractivity contribution in [3.05, 3.63) is 88.7 Å². The predicted octanol–water partition coefficient (Wildman–Crippen LogP) is 4.55. The van der Waals surface area contributed by atoms with Crippen LogP contribution in [0.25, 0.3) is 0 Å². The smallest absolute Gasteiger partial charge is 0.274 e. The third kappa shape index (κ3) is 4.46. The standard InChI is InChI=1S/C20H16ClN3O2/c1-13-4-2-6-16(10-13)24-20(26)18-11-14(8-9-22-18)19(25)23-17-7-3-5-15(21)12-17/h2-12H,1H3,(H,23,25)(H,24,26). The Hall–Kier alpha value is -3.18. The molecule has 3 aromatic rings. The summed E-state index contributed by atoms with van der Waals surface area (Å²) in [6, 6.07) is 17.3. The fourth-order valence-electron chi connectivity index (χ4n) is 2.38. The monoisotopic (exact) mass is 365 g/mol. The third-order valence-corrected chi connectivity index (χ3v) is 3.85. The van der Waals surface area contributed by atoms with Crippen molar-refractivity contribution in [2.75, 3.05) is 10.6 Å². The predicted molar refractivity (Wildman–Crippen MR) is 103 cm³/mol. The number of benzene rings is 2. The molecule has 3 rings (SSSR count). The minimum atomic E-state index is -0.381. The molecule has 0 unspecified atom stereocenters. The highest BCUT2D eigenvalue weighted by molar-refractivity contribution is 6.31. The summed E-state index contributed by atoms with van der Waals surface area (Å²) in [5, 5.41) is 6.04. The van der Waals surface area contributed by atoms with E-state index in [1.807, 2.05) is 25.1 Å². The average Bonchev–Trinajstić information content (AvgIpc) is 2.62. The SMILES string of the molecule is Cc1cccc(NC(=O)c2cc(C(=O)Nc3cccc(Cl)c3)ccn2)c1. The number of pyridine rings is 1. The van der Waals surface area contributed by atoms with Gasteiger partial charge in [-0.2, -0.15) is 0 Å². The first-order chi connectivity index (χ1) is 12.5. The number of hydrogen-bond acceptors (Lipinski definition) is 3. The second-order valence-corrected chi connectivity index (χ2v) is 6.15. The van der Waals surface area contributed by atoms with Gasteiger partial charge in [0.15, 0.2) is 0 Å². The van der Waals surface area contributed by atoms with Gasteiger partial charge in [-0.3, -0.25) is 14.6 Å². The van der Waals surface area contributed by atoms with Crippen LogP contribution in [-0.4, -0.2) is 16.8 Å². The Bertz CT molecular complexity index is 898. The number of halogens is 1. The van der Waals surface area contributed by atoms with Gasteiger partial charge in [0, 0.05) is 28.2 Å². The first-order valence-electron chi connectivity index (χ1n) is 7.92. The summed E-state index contributed by atoms with van der Waals surface area (Å²) in [5.41, 5.74) is 2.76. The van der Waals surface area contributed by atoms with Crippen molar-refractivity contribution >= 4 is 34.8 Å². The molecule has 0 fully saturated rings. The molecule has 0 atom stereocenters. The van der Waals surface area contributed by atoms with E-state index in [1.54, 1.807) is 36.4 Å². The summed E-state index contributed by atoms with van der Waals surface area (Å²) >= 11 is 5.91. The number of aryl methyl sites for hydroxylation is 1. The highest BCUT2D eigenvalue weighted by Gasteiger charge is 2.12. The third-order valence-electron chi connectivity index (χ3n) is 3.61. The largest absolute Gasteiger partial charge is 0.322 e. The van der Waals surface area contributed by atoms with E-state index in [4.69, 9.17) is 11.6 Å². The number of rotatable bonds is 4. The second kappa shape index (κ2) is 7.80.